The third kappa shape index (κ3) is 4.44. The number of benzene rings is 2. The van der Waals surface area contributed by atoms with Gasteiger partial charge in [0.05, 0.1) is 41.8 Å². The van der Waals surface area contributed by atoms with E-state index >= 15 is 0 Å². The summed E-state index contributed by atoms with van der Waals surface area (Å²) in [5.74, 6) is -1.75. The molecule has 0 fully saturated rings. The number of esters is 1. The SMILES string of the molecule is COc1ccc(C2C(C(=O)OC(C)C)=C(C)N=c3s/c(=C4\C(=O)N(CC(=O)O)c5ccccc54)c(=O)n32)cc1. The van der Waals surface area contributed by atoms with Gasteiger partial charge in [-0.3, -0.25) is 23.9 Å². The predicted octanol–water partition coefficient (Wildman–Crippen LogP) is 2.00. The van der Waals surface area contributed by atoms with E-state index in [0.29, 0.717) is 33.1 Å². The first-order valence-electron chi connectivity index (χ1n) is 12.2. The van der Waals surface area contributed by atoms with Gasteiger partial charge < -0.3 is 14.6 Å². The fourth-order valence-corrected chi connectivity index (χ4v) is 5.94. The molecule has 0 saturated heterocycles. The molecule has 3 heterocycles. The standard InChI is InChI=1S/C28H25N3O7S/c1-14(2)38-27(36)21-15(3)29-28-31(23(21)16-9-11-17(37-4)12-10-16)26(35)24(39-28)22-18-7-5-6-8-19(18)30(25(22)34)13-20(32)33/h5-12,14,23H,13H2,1-4H3,(H,32,33)/b24-22-. The van der Waals surface area contributed by atoms with E-state index in [4.69, 9.17) is 9.47 Å². The summed E-state index contributed by atoms with van der Waals surface area (Å²) in [7, 11) is 1.54. The molecule has 200 valence electrons. The second kappa shape index (κ2) is 9.99. The molecule has 0 bridgehead atoms. The summed E-state index contributed by atoms with van der Waals surface area (Å²) in [4.78, 5) is 58.4. The van der Waals surface area contributed by atoms with E-state index < -0.39 is 42.1 Å². The molecule has 1 N–H and O–H groups in total. The summed E-state index contributed by atoms with van der Waals surface area (Å²) in [6, 6.07) is 12.9. The first-order chi connectivity index (χ1) is 18.6. The topological polar surface area (TPSA) is 128 Å². The third-order valence-corrected chi connectivity index (χ3v) is 7.49. The van der Waals surface area contributed by atoms with Crippen molar-refractivity contribution in [3.05, 3.63) is 90.6 Å². The van der Waals surface area contributed by atoms with E-state index in [0.717, 1.165) is 16.2 Å². The molecule has 2 aromatic carbocycles. The first kappa shape index (κ1) is 26.1. The Kier molecular flexibility index (Phi) is 6.69. The summed E-state index contributed by atoms with van der Waals surface area (Å²) in [6.07, 6.45) is -0.395. The second-order valence-corrected chi connectivity index (χ2v) is 10.3. The van der Waals surface area contributed by atoms with Crippen molar-refractivity contribution in [3.8, 4) is 5.75 Å². The van der Waals surface area contributed by atoms with Gasteiger partial charge in [-0.25, -0.2) is 9.79 Å². The molecule has 1 amide bonds. The van der Waals surface area contributed by atoms with Crippen LogP contribution in [0.5, 0.6) is 5.75 Å². The van der Waals surface area contributed by atoms with Crippen molar-refractivity contribution in [3.63, 3.8) is 0 Å². The number of hydrogen-bond donors (Lipinski definition) is 1. The van der Waals surface area contributed by atoms with Crippen molar-refractivity contribution in [1.82, 2.24) is 4.57 Å². The molecular weight excluding hydrogens is 522 g/mol. The summed E-state index contributed by atoms with van der Waals surface area (Å²) in [5.41, 5.74) is 1.70. The Balaban J connectivity index is 1.78. The quantitative estimate of drug-likeness (QED) is 0.468. The Hall–Kier alpha value is -4.51. The Labute approximate surface area is 226 Å². The first-order valence-corrected chi connectivity index (χ1v) is 13.0. The van der Waals surface area contributed by atoms with E-state index in [9.17, 15) is 24.3 Å². The maximum Gasteiger partial charge on any atom is 0.338 e. The lowest BCUT2D eigenvalue weighted by atomic mass is 9.95. The van der Waals surface area contributed by atoms with Crippen molar-refractivity contribution in [2.45, 2.75) is 32.9 Å². The molecule has 1 atom stereocenters. The monoisotopic (exact) mass is 547 g/mol. The van der Waals surface area contributed by atoms with Crippen LogP contribution in [0.15, 0.2) is 69.6 Å². The Morgan fingerprint density at radius 3 is 2.44 bits per heavy atom. The largest absolute Gasteiger partial charge is 0.497 e. The number of ether oxygens (including phenoxy) is 2. The van der Waals surface area contributed by atoms with Crippen molar-refractivity contribution in [2.24, 2.45) is 4.99 Å². The third-order valence-electron chi connectivity index (χ3n) is 6.44. The number of carboxylic acid groups (broad SMARTS) is 1. The molecule has 3 aromatic rings. The number of rotatable bonds is 6. The van der Waals surface area contributed by atoms with Crippen LogP contribution in [0.3, 0.4) is 0 Å². The molecule has 1 aromatic heterocycles. The average Bonchev–Trinajstić information content (AvgIpc) is 3.35. The molecule has 1 unspecified atom stereocenters. The molecule has 0 saturated carbocycles. The zero-order chi connectivity index (χ0) is 28.0. The highest BCUT2D eigenvalue weighted by atomic mass is 32.1. The molecule has 0 spiro atoms. The van der Waals surface area contributed by atoms with Gasteiger partial charge in [0.1, 0.15) is 16.8 Å². The lowest BCUT2D eigenvalue weighted by Gasteiger charge is -2.25. The van der Waals surface area contributed by atoms with Crippen LogP contribution in [-0.2, 0) is 19.1 Å². The van der Waals surface area contributed by atoms with Gasteiger partial charge in [-0.2, -0.15) is 0 Å². The highest BCUT2D eigenvalue weighted by Crippen LogP contribution is 2.35. The fourth-order valence-electron chi connectivity index (χ4n) is 4.80. The van der Waals surface area contributed by atoms with Crippen molar-refractivity contribution >= 4 is 40.4 Å². The zero-order valence-electron chi connectivity index (χ0n) is 21.6. The lowest BCUT2D eigenvalue weighted by Crippen LogP contribution is -2.41. The maximum absolute atomic E-state index is 14.1. The maximum atomic E-state index is 14.1. The van der Waals surface area contributed by atoms with Gasteiger partial charge >= 0.3 is 11.9 Å². The summed E-state index contributed by atoms with van der Waals surface area (Å²) < 4.78 is 12.3. The number of carboxylic acids is 1. The Bertz CT molecular complexity index is 1730. The molecule has 5 rings (SSSR count). The number of para-hydroxylation sites is 1. The molecule has 10 nitrogen and oxygen atoms in total. The highest BCUT2D eigenvalue weighted by molar-refractivity contribution is 7.07. The van der Waals surface area contributed by atoms with Crippen LogP contribution in [0.25, 0.3) is 5.57 Å². The molecule has 2 aliphatic rings. The van der Waals surface area contributed by atoms with Crippen molar-refractivity contribution in [1.29, 1.82) is 0 Å². The van der Waals surface area contributed by atoms with Gasteiger partial charge in [0.15, 0.2) is 4.80 Å². The van der Waals surface area contributed by atoms with Crippen LogP contribution in [0.1, 0.15) is 37.9 Å². The smallest absolute Gasteiger partial charge is 0.338 e. The number of carbonyl (C=O) groups is 3. The number of carbonyl (C=O) groups excluding carboxylic acids is 2. The van der Waals surface area contributed by atoms with E-state index in [2.05, 4.69) is 4.99 Å². The lowest BCUT2D eigenvalue weighted by molar-refractivity contribution is -0.143. The Morgan fingerprint density at radius 1 is 1.10 bits per heavy atom. The number of nitrogens with zero attached hydrogens (tertiary/aromatic N) is 3. The number of aromatic nitrogens is 1. The van der Waals surface area contributed by atoms with Gasteiger partial charge in [-0.15, -0.1) is 0 Å². The van der Waals surface area contributed by atoms with Crippen LogP contribution in [0.4, 0.5) is 5.69 Å². The fraction of sp³-hybridized carbons (Fsp3) is 0.250. The van der Waals surface area contributed by atoms with E-state index in [1.807, 2.05) is 0 Å². The minimum Gasteiger partial charge on any atom is -0.497 e. The predicted molar refractivity (Wildman–Crippen MR) is 143 cm³/mol. The molecular formula is C28H25N3O7S. The number of thiazole rings is 1. The molecule has 0 aliphatic carbocycles. The van der Waals surface area contributed by atoms with Gasteiger partial charge in [-0.1, -0.05) is 41.7 Å². The number of amides is 1. The normalized spacial score (nSPS) is 17.6. The van der Waals surface area contributed by atoms with Gasteiger partial charge in [-0.05, 0) is 44.5 Å². The number of allylic oxidation sites excluding steroid dienone is 1. The highest BCUT2D eigenvalue weighted by Gasteiger charge is 2.38. The van der Waals surface area contributed by atoms with Gasteiger partial charge in [0.25, 0.3) is 11.5 Å². The van der Waals surface area contributed by atoms with E-state index in [1.54, 1.807) is 76.4 Å². The molecule has 39 heavy (non-hydrogen) atoms. The van der Waals surface area contributed by atoms with Crippen molar-refractivity contribution in [2.75, 3.05) is 18.6 Å². The molecule has 11 heteroatoms. The molecule has 2 aliphatic heterocycles. The summed E-state index contributed by atoms with van der Waals surface area (Å²) >= 11 is 1.03. The number of hydrogen-bond acceptors (Lipinski definition) is 8. The number of methoxy groups -OCH3 is 1. The number of fused-ring (bicyclic) bond motifs is 2. The summed E-state index contributed by atoms with van der Waals surface area (Å²) in [6.45, 7) is 4.60. The van der Waals surface area contributed by atoms with Crippen LogP contribution < -0.4 is 24.5 Å². The second-order valence-electron chi connectivity index (χ2n) is 9.31. The van der Waals surface area contributed by atoms with Crippen LogP contribution in [0, 0.1) is 0 Å². The Morgan fingerprint density at radius 2 is 1.79 bits per heavy atom. The van der Waals surface area contributed by atoms with Gasteiger partial charge in [0, 0.05) is 5.56 Å². The number of anilines is 1. The minimum absolute atomic E-state index is 0.108. The van der Waals surface area contributed by atoms with E-state index in [1.165, 1.54) is 4.57 Å². The zero-order valence-corrected chi connectivity index (χ0v) is 22.4. The average molecular weight is 548 g/mol. The van der Waals surface area contributed by atoms with Crippen LogP contribution in [0.2, 0.25) is 0 Å². The van der Waals surface area contributed by atoms with E-state index in [-0.39, 0.29) is 15.7 Å². The van der Waals surface area contributed by atoms with Crippen LogP contribution >= 0.6 is 11.3 Å². The van der Waals surface area contributed by atoms with Gasteiger partial charge in [0.2, 0.25) is 0 Å². The van der Waals surface area contributed by atoms with Crippen LogP contribution in [-0.4, -0.2) is 47.3 Å². The number of aliphatic carboxylic acids is 1. The minimum atomic E-state index is -1.18. The van der Waals surface area contributed by atoms with Crippen molar-refractivity contribution < 1.29 is 29.0 Å². The summed E-state index contributed by atoms with van der Waals surface area (Å²) in [5, 5.41) is 9.39. The molecule has 0 radical (unpaired) electrons.